The molecule has 0 spiro atoms. The quantitative estimate of drug-likeness (QED) is 0.855. The number of nitrogens with zero attached hydrogens (tertiary/aromatic N) is 4. The van der Waals surface area contributed by atoms with E-state index in [-0.39, 0.29) is 0 Å². The van der Waals surface area contributed by atoms with Gasteiger partial charge >= 0.3 is 0 Å². The third-order valence-corrected chi connectivity index (χ3v) is 3.51. The summed E-state index contributed by atoms with van der Waals surface area (Å²) in [6.07, 6.45) is 0. The van der Waals surface area contributed by atoms with E-state index in [2.05, 4.69) is 33.1 Å². The second kappa shape index (κ2) is 7.07. The van der Waals surface area contributed by atoms with Gasteiger partial charge in [-0.1, -0.05) is 13.0 Å². The van der Waals surface area contributed by atoms with Crippen molar-refractivity contribution in [3.05, 3.63) is 23.9 Å². The average Bonchev–Trinajstić information content (AvgIpc) is 2.48. The summed E-state index contributed by atoms with van der Waals surface area (Å²) in [5.41, 5.74) is 0.460. The summed E-state index contributed by atoms with van der Waals surface area (Å²) < 4.78 is 0. The van der Waals surface area contributed by atoms with Crippen LogP contribution in [0.2, 0.25) is 0 Å². The standard InChI is InChI=1S/C14H21N5/c1-2-18-8-10-19(11-9-18)7-6-16-14-5-3-4-13(12-15)17-14/h3-5H,2,6-11H2,1H3,(H,16,17). The molecule has 0 amide bonds. The van der Waals surface area contributed by atoms with Gasteiger partial charge in [0.05, 0.1) is 0 Å². The summed E-state index contributed by atoms with van der Waals surface area (Å²) in [6.45, 7) is 9.87. The Morgan fingerprint density at radius 1 is 1.26 bits per heavy atom. The van der Waals surface area contributed by atoms with E-state index in [0.717, 1.165) is 38.5 Å². The molecular formula is C14H21N5. The van der Waals surface area contributed by atoms with E-state index >= 15 is 0 Å². The molecule has 1 aliphatic heterocycles. The van der Waals surface area contributed by atoms with Crippen molar-refractivity contribution in [2.45, 2.75) is 6.92 Å². The van der Waals surface area contributed by atoms with Crippen LogP contribution in [0, 0.1) is 11.3 Å². The van der Waals surface area contributed by atoms with E-state index in [0.29, 0.717) is 5.69 Å². The number of hydrogen-bond acceptors (Lipinski definition) is 5. The molecule has 1 saturated heterocycles. The lowest BCUT2D eigenvalue weighted by Crippen LogP contribution is -2.47. The summed E-state index contributed by atoms with van der Waals surface area (Å²) in [4.78, 5) is 9.14. The van der Waals surface area contributed by atoms with Gasteiger partial charge in [-0.05, 0) is 18.7 Å². The lowest BCUT2D eigenvalue weighted by atomic mass is 10.3. The predicted octanol–water partition coefficient (Wildman–Crippen LogP) is 1.00. The Morgan fingerprint density at radius 2 is 2.00 bits per heavy atom. The zero-order valence-corrected chi connectivity index (χ0v) is 11.5. The van der Waals surface area contributed by atoms with E-state index in [9.17, 15) is 0 Å². The van der Waals surface area contributed by atoms with E-state index in [1.165, 1.54) is 13.1 Å². The summed E-state index contributed by atoms with van der Waals surface area (Å²) >= 11 is 0. The molecule has 19 heavy (non-hydrogen) atoms. The van der Waals surface area contributed by atoms with Crippen molar-refractivity contribution < 1.29 is 0 Å². The lowest BCUT2D eigenvalue weighted by Gasteiger charge is -2.33. The zero-order chi connectivity index (χ0) is 13.5. The molecule has 0 atom stereocenters. The van der Waals surface area contributed by atoms with E-state index < -0.39 is 0 Å². The maximum Gasteiger partial charge on any atom is 0.142 e. The first-order chi connectivity index (χ1) is 9.31. The van der Waals surface area contributed by atoms with Crippen LogP contribution in [-0.2, 0) is 0 Å². The number of hydrogen-bond donors (Lipinski definition) is 1. The van der Waals surface area contributed by atoms with Gasteiger partial charge in [-0.2, -0.15) is 5.26 Å². The van der Waals surface area contributed by atoms with Gasteiger partial charge in [0.25, 0.3) is 0 Å². The molecule has 1 aliphatic rings. The monoisotopic (exact) mass is 259 g/mol. The summed E-state index contributed by atoms with van der Waals surface area (Å²) in [6, 6.07) is 7.52. The highest BCUT2D eigenvalue weighted by atomic mass is 15.3. The van der Waals surface area contributed by atoms with E-state index in [4.69, 9.17) is 5.26 Å². The van der Waals surface area contributed by atoms with Crippen LogP contribution in [-0.4, -0.2) is 60.6 Å². The summed E-state index contributed by atoms with van der Waals surface area (Å²) in [7, 11) is 0. The molecule has 2 heterocycles. The highest BCUT2D eigenvalue weighted by Gasteiger charge is 2.14. The van der Waals surface area contributed by atoms with Crippen molar-refractivity contribution in [2.24, 2.45) is 0 Å². The first-order valence-corrected chi connectivity index (χ1v) is 6.87. The second-order valence-corrected chi connectivity index (χ2v) is 4.72. The molecule has 0 saturated carbocycles. The SMILES string of the molecule is CCN1CCN(CCNc2cccc(C#N)n2)CC1. The molecule has 0 bridgehead atoms. The molecule has 0 aromatic carbocycles. The Balaban J connectivity index is 1.70. The van der Waals surface area contributed by atoms with Crippen LogP contribution in [0.5, 0.6) is 0 Å². The molecule has 102 valence electrons. The van der Waals surface area contributed by atoms with E-state index in [1.54, 1.807) is 6.07 Å². The number of pyridine rings is 1. The van der Waals surface area contributed by atoms with E-state index in [1.807, 2.05) is 12.1 Å². The van der Waals surface area contributed by atoms with Gasteiger partial charge in [-0.25, -0.2) is 4.98 Å². The highest BCUT2D eigenvalue weighted by Crippen LogP contribution is 2.04. The molecule has 2 rings (SSSR count). The molecule has 5 nitrogen and oxygen atoms in total. The molecule has 0 radical (unpaired) electrons. The van der Waals surface area contributed by atoms with Crippen LogP contribution in [0.3, 0.4) is 0 Å². The van der Waals surface area contributed by atoms with Crippen molar-refractivity contribution in [2.75, 3.05) is 51.1 Å². The van der Waals surface area contributed by atoms with Gasteiger partial charge < -0.3 is 10.2 Å². The smallest absolute Gasteiger partial charge is 0.142 e. The minimum atomic E-state index is 0.460. The van der Waals surface area contributed by atoms with Crippen LogP contribution in [0.15, 0.2) is 18.2 Å². The fraction of sp³-hybridized carbons (Fsp3) is 0.571. The molecule has 0 unspecified atom stereocenters. The first kappa shape index (κ1) is 13.8. The lowest BCUT2D eigenvalue weighted by molar-refractivity contribution is 0.141. The molecule has 5 heteroatoms. The second-order valence-electron chi connectivity index (χ2n) is 4.72. The van der Waals surface area contributed by atoms with Crippen molar-refractivity contribution in [3.8, 4) is 6.07 Å². The van der Waals surface area contributed by atoms with Crippen molar-refractivity contribution in [1.82, 2.24) is 14.8 Å². The van der Waals surface area contributed by atoms with Gasteiger partial charge in [-0.15, -0.1) is 0 Å². The fourth-order valence-corrected chi connectivity index (χ4v) is 2.27. The third kappa shape index (κ3) is 4.19. The minimum Gasteiger partial charge on any atom is -0.369 e. The number of rotatable bonds is 5. The Hall–Kier alpha value is -1.64. The average molecular weight is 259 g/mol. The number of piperazine rings is 1. The van der Waals surface area contributed by atoms with Gasteiger partial charge in [0.15, 0.2) is 0 Å². The maximum atomic E-state index is 8.79. The third-order valence-electron chi connectivity index (χ3n) is 3.51. The topological polar surface area (TPSA) is 55.2 Å². The Morgan fingerprint density at radius 3 is 2.68 bits per heavy atom. The molecule has 1 aromatic heterocycles. The number of nitriles is 1. The minimum absolute atomic E-state index is 0.460. The summed E-state index contributed by atoms with van der Waals surface area (Å²) in [5, 5.41) is 12.1. The van der Waals surface area contributed by atoms with Crippen LogP contribution < -0.4 is 5.32 Å². The van der Waals surface area contributed by atoms with Gasteiger partial charge in [0, 0.05) is 39.3 Å². The number of likely N-dealkylation sites (N-methyl/N-ethyl adjacent to an activating group) is 1. The molecule has 0 aliphatic carbocycles. The zero-order valence-electron chi connectivity index (χ0n) is 11.5. The Kier molecular flexibility index (Phi) is 5.13. The fourth-order valence-electron chi connectivity index (χ4n) is 2.27. The first-order valence-electron chi connectivity index (χ1n) is 6.87. The van der Waals surface area contributed by atoms with Gasteiger partial charge in [0.2, 0.25) is 0 Å². The number of anilines is 1. The highest BCUT2D eigenvalue weighted by molar-refractivity contribution is 5.38. The Labute approximate surface area is 114 Å². The normalized spacial score (nSPS) is 17.1. The van der Waals surface area contributed by atoms with Crippen molar-refractivity contribution in [3.63, 3.8) is 0 Å². The maximum absolute atomic E-state index is 8.79. The number of aromatic nitrogens is 1. The van der Waals surface area contributed by atoms with Gasteiger partial charge in [-0.3, -0.25) is 4.90 Å². The van der Waals surface area contributed by atoms with Crippen LogP contribution in [0.1, 0.15) is 12.6 Å². The number of nitrogens with one attached hydrogen (secondary N) is 1. The molecule has 1 N–H and O–H groups in total. The van der Waals surface area contributed by atoms with Crippen molar-refractivity contribution >= 4 is 5.82 Å². The molecule has 1 fully saturated rings. The largest absolute Gasteiger partial charge is 0.369 e. The Bertz CT molecular complexity index is 432. The van der Waals surface area contributed by atoms with Crippen molar-refractivity contribution in [1.29, 1.82) is 5.26 Å². The van der Waals surface area contributed by atoms with Crippen LogP contribution in [0.25, 0.3) is 0 Å². The van der Waals surface area contributed by atoms with Crippen LogP contribution >= 0.6 is 0 Å². The molecular weight excluding hydrogens is 238 g/mol. The predicted molar refractivity (Wildman–Crippen MR) is 76.0 cm³/mol. The summed E-state index contributed by atoms with van der Waals surface area (Å²) in [5.74, 6) is 0.784. The van der Waals surface area contributed by atoms with Crippen LogP contribution in [0.4, 0.5) is 5.82 Å². The molecule has 1 aromatic rings. The van der Waals surface area contributed by atoms with Gasteiger partial charge in [0.1, 0.15) is 17.6 Å².